The number of rotatable bonds is 2. The quantitative estimate of drug-likeness (QED) is 0.726. The summed E-state index contributed by atoms with van der Waals surface area (Å²) in [5, 5.41) is 3.10. The van der Waals surface area contributed by atoms with Crippen molar-refractivity contribution in [3.63, 3.8) is 0 Å². The smallest absolute Gasteiger partial charge is 0.144 e. The van der Waals surface area contributed by atoms with Crippen LogP contribution in [-0.2, 0) is 0 Å². The zero-order valence-electron chi connectivity index (χ0n) is 8.06. The fourth-order valence-electron chi connectivity index (χ4n) is 1.41. The Morgan fingerprint density at radius 1 is 1.25 bits per heavy atom. The summed E-state index contributed by atoms with van der Waals surface area (Å²) in [4.78, 5) is 0. The molecule has 2 nitrogen and oxygen atoms in total. The maximum atomic E-state index is 5.26. The van der Waals surface area contributed by atoms with Crippen molar-refractivity contribution in [2.75, 3.05) is 19.5 Å². The summed E-state index contributed by atoms with van der Waals surface area (Å²) in [6.45, 7) is 4.12. The van der Waals surface area contributed by atoms with Gasteiger partial charge in [0.1, 0.15) is 5.75 Å². The lowest BCUT2D eigenvalue weighted by Crippen LogP contribution is -1.96. The first kappa shape index (κ1) is 8.91. The van der Waals surface area contributed by atoms with E-state index < -0.39 is 0 Å². The van der Waals surface area contributed by atoms with Gasteiger partial charge in [-0.1, -0.05) is 6.07 Å². The molecular weight excluding hydrogens is 150 g/mol. The van der Waals surface area contributed by atoms with Gasteiger partial charge in [-0.15, -0.1) is 0 Å². The molecule has 0 fully saturated rings. The van der Waals surface area contributed by atoms with Crippen molar-refractivity contribution in [1.29, 1.82) is 0 Å². The number of hydrogen-bond donors (Lipinski definition) is 1. The van der Waals surface area contributed by atoms with Crippen molar-refractivity contribution in [2.24, 2.45) is 0 Å². The van der Waals surface area contributed by atoms with E-state index in [0.29, 0.717) is 0 Å². The van der Waals surface area contributed by atoms with E-state index in [1.165, 1.54) is 11.1 Å². The van der Waals surface area contributed by atoms with E-state index in [1.807, 2.05) is 14.0 Å². The van der Waals surface area contributed by atoms with Gasteiger partial charge in [-0.2, -0.15) is 0 Å². The van der Waals surface area contributed by atoms with E-state index >= 15 is 0 Å². The molecular formula is C10H15NO. The number of hydrogen-bond acceptors (Lipinski definition) is 2. The summed E-state index contributed by atoms with van der Waals surface area (Å²) in [6.07, 6.45) is 0. The first-order chi connectivity index (χ1) is 5.69. The highest BCUT2D eigenvalue weighted by molar-refractivity contribution is 5.61. The Morgan fingerprint density at radius 3 is 2.42 bits per heavy atom. The van der Waals surface area contributed by atoms with Crippen LogP contribution in [0.2, 0.25) is 0 Å². The molecule has 2 heteroatoms. The van der Waals surface area contributed by atoms with Gasteiger partial charge in [0.2, 0.25) is 0 Å². The largest absolute Gasteiger partial charge is 0.494 e. The molecule has 66 valence electrons. The Labute approximate surface area is 73.6 Å². The molecule has 0 saturated carbocycles. The van der Waals surface area contributed by atoms with Gasteiger partial charge < -0.3 is 10.1 Å². The molecule has 1 rings (SSSR count). The van der Waals surface area contributed by atoms with Crippen molar-refractivity contribution in [2.45, 2.75) is 13.8 Å². The van der Waals surface area contributed by atoms with Crippen molar-refractivity contribution >= 4 is 5.69 Å². The summed E-state index contributed by atoms with van der Waals surface area (Å²) in [7, 11) is 3.59. The van der Waals surface area contributed by atoms with E-state index in [0.717, 1.165) is 11.4 Å². The van der Waals surface area contributed by atoms with Crippen LogP contribution in [0.3, 0.4) is 0 Å². The van der Waals surface area contributed by atoms with Gasteiger partial charge in [-0.25, -0.2) is 0 Å². The minimum atomic E-state index is 0.933. The third kappa shape index (κ3) is 1.52. The summed E-state index contributed by atoms with van der Waals surface area (Å²) in [6, 6.07) is 4.19. The normalized spacial score (nSPS) is 9.67. The third-order valence-corrected chi connectivity index (χ3v) is 1.89. The number of ether oxygens (including phenoxy) is 1. The van der Waals surface area contributed by atoms with Crippen LogP contribution in [0.25, 0.3) is 0 Å². The molecule has 1 aromatic carbocycles. The van der Waals surface area contributed by atoms with E-state index in [9.17, 15) is 0 Å². The fraction of sp³-hybridized carbons (Fsp3) is 0.400. The van der Waals surface area contributed by atoms with Gasteiger partial charge >= 0.3 is 0 Å². The van der Waals surface area contributed by atoms with Crippen LogP contribution in [0.5, 0.6) is 5.75 Å². The topological polar surface area (TPSA) is 21.3 Å². The lowest BCUT2D eigenvalue weighted by atomic mass is 10.1. The molecule has 0 atom stereocenters. The van der Waals surface area contributed by atoms with E-state index in [4.69, 9.17) is 4.74 Å². The SMILES string of the molecule is CNc1cc(C)cc(C)c1OC. The molecule has 0 saturated heterocycles. The van der Waals surface area contributed by atoms with Gasteiger partial charge in [0, 0.05) is 7.05 Å². The predicted molar refractivity (Wildman–Crippen MR) is 52.0 cm³/mol. The number of anilines is 1. The molecule has 0 heterocycles. The van der Waals surface area contributed by atoms with Gasteiger partial charge in [0.15, 0.2) is 0 Å². The molecule has 0 aliphatic heterocycles. The van der Waals surface area contributed by atoms with Gasteiger partial charge in [-0.3, -0.25) is 0 Å². The lowest BCUT2D eigenvalue weighted by molar-refractivity contribution is 0.413. The second kappa shape index (κ2) is 3.48. The first-order valence-corrected chi connectivity index (χ1v) is 4.02. The van der Waals surface area contributed by atoms with Crippen LogP contribution in [0.15, 0.2) is 12.1 Å². The highest BCUT2D eigenvalue weighted by atomic mass is 16.5. The fourth-order valence-corrected chi connectivity index (χ4v) is 1.41. The summed E-state index contributed by atoms with van der Waals surface area (Å²) < 4.78 is 5.26. The monoisotopic (exact) mass is 165 g/mol. The minimum absolute atomic E-state index is 0.933. The highest BCUT2D eigenvalue weighted by Crippen LogP contribution is 2.29. The highest BCUT2D eigenvalue weighted by Gasteiger charge is 2.04. The Balaban J connectivity index is 3.24. The molecule has 12 heavy (non-hydrogen) atoms. The van der Waals surface area contributed by atoms with Crippen LogP contribution < -0.4 is 10.1 Å². The van der Waals surface area contributed by atoms with Crippen molar-refractivity contribution in [3.05, 3.63) is 23.3 Å². The molecule has 0 aliphatic rings. The van der Waals surface area contributed by atoms with Crippen LogP contribution >= 0.6 is 0 Å². The standard InChI is InChI=1S/C10H15NO/c1-7-5-8(2)10(12-4)9(6-7)11-3/h5-6,11H,1-4H3. The van der Waals surface area contributed by atoms with Crippen LogP contribution in [0.1, 0.15) is 11.1 Å². The van der Waals surface area contributed by atoms with E-state index in [1.54, 1.807) is 7.11 Å². The number of benzene rings is 1. The molecule has 0 aliphatic carbocycles. The third-order valence-electron chi connectivity index (χ3n) is 1.89. The predicted octanol–water partition coefficient (Wildman–Crippen LogP) is 2.35. The average molecular weight is 165 g/mol. The Bertz CT molecular complexity index is 281. The molecule has 1 N–H and O–H groups in total. The van der Waals surface area contributed by atoms with Crippen molar-refractivity contribution in [1.82, 2.24) is 0 Å². The maximum Gasteiger partial charge on any atom is 0.144 e. The lowest BCUT2D eigenvalue weighted by Gasteiger charge is -2.11. The molecule has 0 radical (unpaired) electrons. The summed E-state index contributed by atoms with van der Waals surface area (Å²) >= 11 is 0. The van der Waals surface area contributed by atoms with Gasteiger partial charge in [0.25, 0.3) is 0 Å². The second-order valence-electron chi connectivity index (χ2n) is 2.91. The second-order valence-corrected chi connectivity index (χ2v) is 2.91. The van der Waals surface area contributed by atoms with Gasteiger partial charge in [0.05, 0.1) is 12.8 Å². The van der Waals surface area contributed by atoms with E-state index in [2.05, 4.69) is 24.4 Å². The van der Waals surface area contributed by atoms with E-state index in [-0.39, 0.29) is 0 Å². The number of aryl methyl sites for hydroxylation is 2. The average Bonchev–Trinajstić information content (AvgIpc) is 2.03. The molecule has 0 aromatic heterocycles. The summed E-state index contributed by atoms with van der Waals surface area (Å²) in [5.74, 6) is 0.933. The maximum absolute atomic E-state index is 5.26. The van der Waals surface area contributed by atoms with Crippen LogP contribution in [0.4, 0.5) is 5.69 Å². The summed E-state index contributed by atoms with van der Waals surface area (Å²) in [5.41, 5.74) is 3.47. The van der Waals surface area contributed by atoms with Crippen LogP contribution in [-0.4, -0.2) is 14.2 Å². The molecule has 0 unspecified atom stereocenters. The Morgan fingerprint density at radius 2 is 1.92 bits per heavy atom. The Kier molecular flexibility index (Phi) is 2.58. The molecule has 0 spiro atoms. The first-order valence-electron chi connectivity index (χ1n) is 4.02. The van der Waals surface area contributed by atoms with Crippen molar-refractivity contribution in [3.8, 4) is 5.75 Å². The molecule has 0 amide bonds. The van der Waals surface area contributed by atoms with Crippen molar-refractivity contribution < 1.29 is 4.74 Å². The number of nitrogens with one attached hydrogen (secondary N) is 1. The zero-order chi connectivity index (χ0) is 9.14. The zero-order valence-corrected chi connectivity index (χ0v) is 8.06. The number of methoxy groups -OCH3 is 1. The molecule has 1 aromatic rings. The Hall–Kier alpha value is -1.18. The molecule has 0 bridgehead atoms. The van der Waals surface area contributed by atoms with Gasteiger partial charge in [-0.05, 0) is 31.0 Å². The van der Waals surface area contributed by atoms with Crippen LogP contribution in [0, 0.1) is 13.8 Å². The minimum Gasteiger partial charge on any atom is -0.494 e.